The molecule has 0 saturated heterocycles. The molecule has 2 aromatic rings. The molecule has 2 heterocycles. The van der Waals surface area contributed by atoms with Crippen molar-refractivity contribution < 1.29 is 4.42 Å². The first kappa shape index (κ1) is 9.39. The normalized spacial score (nSPS) is 12.9. The number of thiazole rings is 1. The molecule has 3 N–H and O–H groups in total. The zero-order valence-electron chi connectivity index (χ0n) is 7.51. The number of hydrogen-bond donors (Lipinski definition) is 2. The third-order valence-electron chi connectivity index (χ3n) is 2.00. The maximum atomic E-state index is 5.45. The lowest BCUT2D eigenvalue weighted by Gasteiger charge is -2.11. The number of furan rings is 1. The summed E-state index contributed by atoms with van der Waals surface area (Å²) in [5.74, 6) is 6.36. The molecule has 0 aliphatic heterocycles. The van der Waals surface area contributed by atoms with Crippen LogP contribution in [0.2, 0.25) is 0 Å². The van der Waals surface area contributed by atoms with Gasteiger partial charge in [-0.3, -0.25) is 11.3 Å². The van der Waals surface area contributed by atoms with Crippen molar-refractivity contribution in [3.8, 4) is 0 Å². The van der Waals surface area contributed by atoms with Gasteiger partial charge in [0, 0.05) is 11.8 Å². The first-order valence-electron chi connectivity index (χ1n) is 4.26. The fourth-order valence-electron chi connectivity index (χ4n) is 1.27. The lowest BCUT2D eigenvalue weighted by atomic mass is 10.1. The largest absolute Gasteiger partial charge is 0.469 e. The molecular formula is C9H11N3OS. The smallest absolute Gasteiger partial charge is 0.105 e. The number of nitrogens with zero attached hydrogens (tertiary/aromatic N) is 1. The van der Waals surface area contributed by atoms with Gasteiger partial charge in [0.1, 0.15) is 5.76 Å². The minimum atomic E-state index is 0.0207. The van der Waals surface area contributed by atoms with Gasteiger partial charge in [-0.1, -0.05) is 0 Å². The summed E-state index contributed by atoms with van der Waals surface area (Å²) < 4.78 is 5.24. The highest BCUT2D eigenvalue weighted by Crippen LogP contribution is 2.17. The third-order valence-corrected chi connectivity index (χ3v) is 2.60. The van der Waals surface area contributed by atoms with E-state index in [-0.39, 0.29) is 6.04 Å². The van der Waals surface area contributed by atoms with Crippen LogP contribution in [0.15, 0.2) is 33.7 Å². The summed E-state index contributed by atoms with van der Waals surface area (Å²) in [6.07, 6.45) is 2.37. The summed E-state index contributed by atoms with van der Waals surface area (Å²) in [6.45, 7) is 0. The lowest BCUT2D eigenvalue weighted by molar-refractivity contribution is 0.450. The van der Waals surface area contributed by atoms with Crippen molar-refractivity contribution >= 4 is 11.3 Å². The number of rotatable bonds is 4. The molecule has 0 amide bonds. The average Bonchev–Trinajstić information content (AvgIpc) is 2.86. The molecule has 0 radical (unpaired) electrons. The van der Waals surface area contributed by atoms with Crippen LogP contribution in [0, 0.1) is 0 Å². The molecule has 1 atom stereocenters. The summed E-state index contributed by atoms with van der Waals surface area (Å²) in [5.41, 5.74) is 5.47. The average molecular weight is 209 g/mol. The second-order valence-electron chi connectivity index (χ2n) is 2.92. The van der Waals surface area contributed by atoms with Gasteiger partial charge in [0.15, 0.2) is 0 Å². The second kappa shape index (κ2) is 4.36. The van der Waals surface area contributed by atoms with Crippen LogP contribution in [0.25, 0.3) is 0 Å². The number of nitrogens with two attached hydrogens (primary N) is 1. The Balaban J connectivity index is 2.08. The predicted octanol–water partition coefficient (Wildman–Crippen LogP) is 1.48. The minimum Gasteiger partial charge on any atom is -0.469 e. The lowest BCUT2D eigenvalue weighted by Crippen LogP contribution is -2.29. The Kier molecular flexibility index (Phi) is 2.93. The van der Waals surface area contributed by atoms with Crippen LogP contribution in [0.5, 0.6) is 0 Å². The van der Waals surface area contributed by atoms with Gasteiger partial charge in [-0.05, 0) is 12.1 Å². The molecule has 2 aromatic heterocycles. The van der Waals surface area contributed by atoms with Crippen LogP contribution in [-0.2, 0) is 6.42 Å². The quantitative estimate of drug-likeness (QED) is 0.591. The van der Waals surface area contributed by atoms with Crippen molar-refractivity contribution in [2.24, 2.45) is 5.84 Å². The molecule has 0 fully saturated rings. The first-order valence-corrected chi connectivity index (χ1v) is 5.21. The van der Waals surface area contributed by atoms with Gasteiger partial charge in [0.25, 0.3) is 0 Å². The van der Waals surface area contributed by atoms with Crippen LogP contribution >= 0.6 is 11.3 Å². The molecule has 1 unspecified atom stereocenters. The molecule has 0 bridgehead atoms. The van der Waals surface area contributed by atoms with Crippen LogP contribution < -0.4 is 11.3 Å². The molecule has 14 heavy (non-hydrogen) atoms. The molecule has 0 saturated carbocycles. The number of aromatic nitrogens is 1. The van der Waals surface area contributed by atoms with E-state index in [4.69, 9.17) is 10.3 Å². The summed E-state index contributed by atoms with van der Waals surface area (Å²) >= 11 is 1.56. The van der Waals surface area contributed by atoms with Crippen LogP contribution in [-0.4, -0.2) is 4.98 Å². The van der Waals surface area contributed by atoms with Crippen molar-refractivity contribution in [1.82, 2.24) is 10.4 Å². The van der Waals surface area contributed by atoms with Crippen molar-refractivity contribution in [3.63, 3.8) is 0 Å². The Morgan fingerprint density at radius 1 is 1.64 bits per heavy atom. The molecule has 0 spiro atoms. The monoisotopic (exact) mass is 209 g/mol. The van der Waals surface area contributed by atoms with Crippen molar-refractivity contribution in [1.29, 1.82) is 0 Å². The van der Waals surface area contributed by atoms with Gasteiger partial charge < -0.3 is 4.42 Å². The topological polar surface area (TPSA) is 64.1 Å². The van der Waals surface area contributed by atoms with Gasteiger partial charge in [0.05, 0.1) is 23.5 Å². The molecular weight excluding hydrogens is 198 g/mol. The van der Waals surface area contributed by atoms with Gasteiger partial charge in [-0.15, -0.1) is 11.3 Å². The van der Waals surface area contributed by atoms with E-state index in [0.717, 1.165) is 11.5 Å². The number of hydrazine groups is 1. The fraction of sp³-hybridized carbons (Fsp3) is 0.222. The molecule has 0 aromatic carbocycles. The van der Waals surface area contributed by atoms with Crippen molar-refractivity contribution in [3.05, 3.63) is 40.7 Å². The summed E-state index contributed by atoms with van der Waals surface area (Å²) in [5, 5.41) is 1.98. The highest BCUT2D eigenvalue weighted by Gasteiger charge is 2.13. The van der Waals surface area contributed by atoms with E-state index in [1.807, 2.05) is 17.5 Å². The van der Waals surface area contributed by atoms with Crippen LogP contribution in [0.3, 0.4) is 0 Å². The Bertz CT molecular complexity index is 357. The SMILES string of the molecule is NNC(Cc1ccco1)c1cscn1. The highest BCUT2D eigenvalue weighted by atomic mass is 32.1. The maximum absolute atomic E-state index is 5.45. The minimum absolute atomic E-state index is 0.0207. The van der Waals surface area contributed by atoms with Gasteiger partial charge in [-0.2, -0.15) is 0 Å². The van der Waals surface area contributed by atoms with Gasteiger partial charge in [0.2, 0.25) is 0 Å². The molecule has 0 aliphatic carbocycles. The summed E-state index contributed by atoms with van der Waals surface area (Å²) in [7, 11) is 0. The molecule has 74 valence electrons. The van der Waals surface area contributed by atoms with E-state index < -0.39 is 0 Å². The van der Waals surface area contributed by atoms with E-state index in [0.29, 0.717) is 6.42 Å². The summed E-state index contributed by atoms with van der Waals surface area (Å²) in [6, 6.07) is 3.81. The fourth-order valence-corrected chi connectivity index (χ4v) is 1.88. The Hall–Kier alpha value is -1.17. The standard InChI is InChI=1S/C9H11N3OS/c10-12-8(9-5-14-6-11-9)4-7-2-1-3-13-7/h1-3,5-6,8,12H,4,10H2. The van der Waals surface area contributed by atoms with Gasteiger partial charge in [-0.25, -0.2) is 4.98 Å². The first-order chi connectivity index (χ1) is 6.90. The number of nitrogens with one attached hydrogen (secondary N) is 1. The maximum Gasteiger partial charge on any atom is 0.105 e. The Morgan fingerprint density at radius 3 is 3.14 bits per heavy atom. The van der Waals surface area contributed by atoms with E-state index in [2.05, 4.69) is 10.4 Å². The van der Waals surface area contributed by atoms with E-state index >= 15 is 0 Å². The van der Waals surface area contributed by atoms with Crippen molar-refractivity contribution in [2.45, 2.75) is 12.5 Å². The molecule has 0 aliphatic rings. The zero-order valence-corrected chi connectivity index (χ0v) is 8.33. The van der Waals surface area contributed by atoms with Crippen LogP contribution in [0.4, 0.5) is 0 Å². The van der Waals surface area contributed by atoms with Gasteiger partial charge >= 0.3 is 0 Å². The molecule has 2 rings (SSSR count). The summed E-state index contributed by atoms with van der Waals surface area (Å²) in [4.78, 5) is 4.20. The van der Waals surface area contributed by atoms with E-state index in [9.17, 15) is 0 Å². The third kappa shape index (κ3) is 2.01. The van der Waals surface area contributed by atoms with Crippen LogP contribution in [0.1, 0.15) is 17.5 Å². The van der Waals surface area contributed by atoms with E-state index in [1.165, 1.54) is 0 Å². The van der Waals surface area contributed by atoms with E-state index in [1.54, 1.807) is 23.1 Å². The molecule has 5 heteroatoms. The van der Waals surface area contributed by atoms with Crippen molar-refractivity contribution in [2.75, 3.05) is 0 Å². The predicted molar refractivity (Wildman–Crippen MR) is 54.6 cm³/mol. The number of hydrogen-bond acceptors (Lipinski definition) is 5. The molecule has 4 nitrogen and oxygen atoms in total. The second-order valence-corrected chi connectivity index (χ2v) is 3.63. The zero-order chi connectivity index (χ0) is 9.80. The Morgan fingerprint density at radius 2 is 2.57 bits per heavy atom. The Labute approximate surface area is 85.7 Å². The highest BCUT2D eigenvalue weighted by molar-refractivity contribution is 7.07.